The van der Waals surface area contributed by atoms with Crippen LogP contribution in [-0.2, 0) is 14.3 Å². The third-order valence-corrected chi connectivity index (χ3v) is 15.8. The van der Waals surface area contributed by atoms with Crippen LogP contribution in [0.15, 0.2) is 12.2 Å². The number of nitrogens with one attached hydrogen (secondary N) is 1. The molecule has 0 fully saturated rings. The van der Waals surface area contributed by atoms with E-state index in [1.54, 1.807) is 0 Å². The summed E-state index contributed by atoms with van der Waals surface area (Å²) in [7, 11) is 0. The van der Waals surface area contributed by atoms with Crippen molar-refractivity contribution in [3.8, 4) is 0 Å². The molecule has 434 valence electrons. The Hall–Kier alpha value is -1.40. The molecular formula is C67H131NO5. The van der Waals surface area contributed by atoms with Gasteiger partial charge in [0.2, 0.25) is 5.91 Å². The average molecular weight is 1030 g/mol. The summed E-state index contributed by atoms with van der Waals surface area (Å²) in [5.74, 6) is -0.0189. The van der Waals surface area contributed by atoms with E-state index in [0.717, 1.165) is 38.5 Å². The van der Waals surface area contributed by atoms with Crippen molar-refractivity contribution in [3.05, 3.63) is 12.2 Å². The molecule has 2 unspecified atom stereocenters. The van der Waals surface area contributed by atoms with Crippen LogP contribution in [0.5, 0.6) is 0 Å². The highest BCUT2D eigenvalue weighted by Crippen LogP contribution is 2.19. The molecule has 73 heavy (non-hydrogen) atoms. The Morgan fingerprint density at radius 1 is 0.370 bits per heavy atom. The lowest BCUT2D eigenvalue weighted by Gasteiger charge is -2.22. The van der Waals surface area contributed by atoms with E-state index >= 15 is 0 Å². The van der Waals surface area contributed by atoms with Gasteiger partial charge in [-0.1, -0.05) is 328 Å². The molecule has 6 heteroatoms. The van der Waals surface area contributed by atoms with Gasteiger partial charge in [0.1, 0.15) is 0 Å². The summed E-state index contributed by atoms with van der Waals surface area (Å²) < 4.78 is 5.48. The summed E-state index contributed by atoms with van der Waals surface area (Å²) in [5, 5.41) is 23.4. The molecule has 3 N–H and O–H groups in total. The lowest BCUT2D eigenvalue weighted by Crippen LogP contribution is -2.45. The largest absolute Gasteiger partial charge is 0.466 e. The number of esters is 1. The Kier molecular flexibility index (Phi) is 61.9. The molecule has 0 saturated heterocycles. The van der Waals surface area contributed by atoms with Gasteiger partial charge in [-0.3, -0.25) is 9.59 Å². The molecule has 0 aromatic rings. The molecule has 0 aliphatic rings. The van der Waals surface area contributed by atoms with Crippen LogP contribution in [0.25, 0.3) is 0 Å². The van der Waals surface area contributed by atoms with Crippen LogP contribution >= 0.6 is 0 Å². The van der Waals surface area contributed by atoms with Crippen LogP contribution in [0.4, 0.5) is 0 Å². The second kappa shape index (κ2) is 63.1. The number of unbranched alkanes of at least 4 members (excludes halogenated alkanes) is 50. The zero-order valence-corrected chi connectivity index (χ0v) is 49.6. The van der Waals surface area contributed by atoms with E-state index in [2.05, 4.69) is 31.3 Å². The van der Waals surface area contributed by atoms with E-state index in [1.807, 2.05) is 0 Å². The molecule has 6 nitrogen and oxygen atoms in total. The zero-order chi connectivity index (χ0) is 52.9. The molecule has 0 saturated carbocycles. The van der Waals surface area contributed by atoms with Gasteiger partial charge in [0, 0.05) is 12.8 Å². The van der Waals surface area contributed by atoms with Crippen molar-refractivity contribution < 1.29 is 24.5 Å². The maximum Gasteiger partial charge on any atom is 0.305 e. The van der Waals surface area contributed by atoms with Gasteiger partial charge in [-0.25, -0.2) is 0 Å². The Morgan fingerprint density at radius 2 is 0.644 bits per heavy atom. The first-order chi connectivity index (χ1) is 36.0. The van der Waals surface area contributed by atoms with Crippen LogP contribution in [0.2, 0.25) is 0 Å². The van der Waals surface area contributed by atoms with Crippen molar-refractivity contribution in [2.24, 2.45) is 0 Å². The van der Waals surface area contributed by atoms with E-state index in [9.17, 15) is 19.8 Å². The van der Waals surface area contributed by atoms with Crippen LogP contribution in [0.1, 0.15) is 380 Å². The molecular weight excluding hydrogens is 899 g/mol. The predicted octanol–water partition coefficient (Wildman–Crippen LogP) is 21.2. The van der Waals surface area contributed by atoms with Gasteiger partial charge in [-0.05, 0) is 51.4 Å². The highest BCUT2D eigenvalue weighted by atomic mass is 16.5. The van der Waals surface area contributed by atoms with E-state index < -0.39 is 12.1 Å². The monoisotopic (exact) mass is 1030 g/mol. The second-order valence-corrected chi connectivity index (χ2v) is 23.2. The van der Waals surface area contributed by atoms with Gasteiger partial charge in [-0.2, -0.15) is 0 Å². The number of hydrogen-bond donors (Lipinski definition) is 3. The zero-order valence-electron chi connectivity index (χ0n) is 49.6. The number of aliphatic hydroxyl groups excluding tert-OH is 2. The van der Waals surface area contributed by atoms with Crippen LogP contribution in [-0.4, -0.2) is 47.4 Å². The second-order valence-electron chi connectivity index (χ2n) is 23.2. The molecule has 0 aromatic heterocycles. The van der Waals surface area contributed by atoms with Crippen molar-refractivity contribution in [2.45, 2.75) is 392 Å². The van der Waals surface area contributed by atoms with Gasteiger partial charge in [0.05, 0.1) is 25.4 Å². The summed E-state index contributed by atoms with van der Waals surface area (Å²) in [6, 6.07) is -0.543. The molecule has 0 aromatic carbocycles. The minimum absolute atomic E-state index is 0.0150. The predicted molar refractivity (Wildman–Crippen MR) is 320 cm³/mol. The average Bonchev–Trinajstić information content (AvgIpc) is 3.39. The molecule has 0 rings (SSSR count). The van der Waals surface area contributed by atoms with Crippen molar-refractivity contribution >= 4 is 11.9 Å². The van der Waals surface area contributed by atoms with E-state index in [1.165, 1.54) is 308 Å². The molecule has 0 bridgehead atoms. The lowest BCUT2D eigenvalue weighted by atomic mass is 10.0. The van der Waals surface area contributed by atoms with Gasteiger partial charge >= 0.3 is 5.97 Å². The first-order valence-electron chi connectivity index (χ1n) is 33.4. The van der Waals surface area contributed by atoms with Gasteiger partial charge < -0.3 is 20.3 Å². The molecule has 0 spiro atoms. The summed E-state index contributed by atoms with van der Waals surface area (Å²) >= 11 is 0. The maximum absolute atomic E-state index is 12.5. The molecule has 2 atom stereocenters. The van der Waals surface area contributed by atoms with Gasteiger partial charge in [0.15, 0.2) is 0 Å². The highest BCUT2D eigenvalue weighted by molar-refractivity contribution is 5.76. The number of ether oxygens (including phenoxy) is 1. The van der Waals surface area contributed by atoms with Crippen LogP contribution in [0, 0.1) is 0 Å². The summed E-state index contributed by atoms with van der Waals surface area (Å²) in [4.78, 5) is 24.5. The standard InChI is InChI=1S/C67H131NO5/c1-3-5-7-9-11-13-15-17-18-19-27-30-33-36-39-43-47-51-55-59-65(70)64(63-69)68-66(71)60-56-52-48-44-40-37-34-31-28-25-23-21-20-22-24-26-29-32-35-38-42-46-50-54-58-62-73-67(72)61-57-53-49-45-41-16-14-12-10-8-6-4-2/h21,23,64-65,69-70H,3-20,22,24-63H2,1-2H3,(H,68,71)/b23-21-. The van der Waals surface area contributed by atoms with Gasteiger partial charge in [-0.15, -0.1) is 0 Å². The van der Waals surface area contributed by atoms with Crippen LogP contribution in [0.3, 0.4) is 0 Å². The van der Waals surface area contributed by atoms with E-state index in [0.29, 0.717) is 25.9 Å². The number of amides is 1. The summed E-state index contributed by atoms with van der Waals surface area (Å²) in [6.45, 7) is 4.99. The molecule has 0 heterocycles. The van der Waals surface area contributed by atoms with E-state index in [-0.39, 0.29) is 18.5 Å². The molecule has 0 radical (unpaired) electrons. The fraction of sp³-hybridized carbons (Fsp3) is 0.940. The van der Waals surface area contributed by atoms with Crippen molar-refractivity contribution in [1.29, 1.82) is 0 Å². The first kappa shape index (κ1) is 71.6. The highest BCUT2D eigenvalue weighted by Gasteiger charge is 2.20. The lowest BCUT2D eigenvalue weighted by molar-refractivity contribution is -0.143. The quantitative estimate of drug-likeness (QED) is 0.0320. The summed E-state index contributed by atoms with van der Waals surface area (Å²) in [5.41, 5.74) is 0. The number of hydrogen-bond acceptors (Lipinski definition) is 5. The number of allylic oxidation sites excluding steroid dienone is 2. The van der Waals surface area contributed by atoms with Crippen molar-refractivity contribution in [1.82, 2.24) is 5.32 Å². The fourth-order valence-corrected chi connectivity index (χ4v) is 10.7. The third kappa shape index (κ3) is 59.7. The molecule has 1 amide bonds. The Labute approximate surface area is 457 Å². The minimum atomic E-state index is -0.666. The smallest absolute Gasteiger partial charge is 0.305 e. The number of rotatable bonds is 63. The Balaban J connectivity index is 3.39. The molecule has 0 aliphatic heterocycles. The minimum Gasteiger partial charge on any atom is -0.466 e. The summed E-state index contributed by atoms with van der Waals surface area (Å²) in [6.07, 6.45) is 76.7. The number of carbonyl (C=O) groups is 2. The van der Waals surface area contributed by atoms with E-state index in [4.69, 9.17) is 4.74 Å². The number of aliphatic hydroxyl groups is 2. The first-order valence-corrected chi connectivity index (χ1v) is 33.4. The normalized spacial score (nSPS) is 12.5. The maximum atomic E-state index is 12.5. The molecule has 0 aliphatic carbocycles. The SMILES string of the molecule is CCCCCCCCCCCCCCCCCCCCCC(O)C(CO)NC(=O)CCCCCCCCCCC/C=C\CCCCCCCCCCCCCCOC(=O)CCCCCCCCCCCCCC. The topological polar surface area (TPSA) is 95.9 Å². The van der Waals surface area contributed by atoms with Crippen LogP contribution < -0.4 is 5.32 Å². The fourth-order valence-electron chi connectivity index (χ4n) is 10.7. The Bertz CT molecular complexity index is 1100. The van der Waals surface area contributed by atoms with Gasteiger partial charge in [0.25, 0.3) is 0 Å². The third-order valence-electron chi connectivity index (χ3n) is 15.8. The Morgan fingerprint density at radius 3 is 0.973 bits per heavy atom. The van der Waals surface area contributed by atoms with Crippen molar-refractivity contribution in [2.75, 3.05) is 13.2 Å². The number of carbonyl (C=O) groups excluding carboxylic acids is 2. The van der Waals surface area contributed by atoms with Crippen molar-refractivity contribution in [3.63, 3.8) is 0 Å².